The van der Waals surface area contributed by atoms with E-state index in [1.54, 1.807) is 0 Å². The monoisotopic (exact) mass is 137 g/mol. The van der Waals surface area contributed by atoms with Gasteiger partial charge in [-0.15, -0.1) is 23.5 Å². The van der Waals surface area contributed by atoms with Crippen LogP contribution in [0.1, 0.15) is 0 Å². The summed E-state index contributed by atoms with van der Waals surface area (Å²) >= 11 is 3.63. The van der Waals surface area contributed by atoms with E-state index < -0.39 is 0 Å². The lowest BCUT2D eigenvalue weighted by molar-refractivity contribution is 0.952. The van der Waals surface area contributed by atoms with E-state index >= 15 is 0 Å². The second kappa shape index (κ2) is 6.66. The van der Waals surface area contributed by atoms with Gasteiger partial charge >= 0.3 is 0 Å². The van der Waals surface area contributed by atoms with Crippen molar-refractivity contribution in [3.8, 4) is 0 Å². The van der Waals surface area contributed by atoms with Gasteiger partial charge in [-0.3, -0.25) is 5.32 Å². The molecule has 0 aliphatic rings. The third-order valence-corrected chi connectivity index (χ3v) is 1.48. The Bertz CT molecular complexity index is 28.9. The largest absolute Gasteiger partial charge is 0.299 e. The molecule has 44 valence electrons. The van der Waals surface area contributed by atoms with Crippen molar-refractivity contribution in [3.05, 3.63) is 0 Å². The Morgan fingerprint density at radius 1 is 1.14 bits per heavy atom. The van der Waals surface area contributed by atoms with Crippen LogP contribution >= 0.6 is 23.5 Å². The van der Waals surface area contributed by atoms with Crippen molar-refractivity contribution in [3.63, 3.8) is 0 Å². The van der Waals surface area contributed by atoms with E-state index in [9.17, 15) is 0 Å². The van der Waals surface area contributed by atoms with Crippen molar-refractivity contribution in [1.29, 1.82) is 0 Å². The summed E-state index contributed by atoms with van der Waals surface area (Å²) in [5.74, 6) is 2.14. The molecule has 0 fully saturated rings. The molecule has 0 heterocycles. The highest BCUT2D eigenvalue weighted by atomic mass is 32.2. The van der Waals surface area contributed by atoms with Crippen LogP contribution in [0, 0.1) is 0 Å². The molecule has 3 heteroatoms. The van der Waals surface area contributed by atoms with Gasteiger partial charge in [0.15, 0.2) is 0 Å². The molecule has 0 aromatic rings. The molecule has 0 spiro atoms. The normalized spacial score (nSPS) is 9.43. The summed E-state index contributed by atoms with van der Waals surface area (Å²) in [4.78, 5) is 0. The quantitative estimate of drug-likeness (QED) is 0.462. The number of thioether (sulfide) groups is 2. The maximum atomic E-state index is 3.21. The zero-order valence-corrected chi connectivity index (χ0v) is 6.36. The lowest BCUT2D eigenvalue weighted by atomic mass is 11.2. The predicted molar refractivity (Wildman–Crippen MR) is 39.9 cm³/mol. The van der Waals surface area contributed by atoms with Crippen LogP contribution in [-0.2, 0) is 0 Å². The molecule has 1 N–H and O–H groups in total. The van der Waals surface area contributed by atoms with E-state index in [4.69, 9.17) is 0 Å². The van der Waals surface area contributed by atoms with Crippen molar-refractivity contribution in [1.82, 2.24) is 5.32 Å². The topological polar surface area (TPSA) is 12.0 Å². The number of hydrogen-bond donors (Lipinski definition) is 1. The third-order valence-electron chi connectivity index (χ3n) is 0.493. The Labute approximate surface area is 53.6 Å². The summed E-state index contributed by atoms with van der Waals surface area (Å²) in [6.45, 7) is 0. The Morgan fingerprint density at radius 2 is 1.57 bits per heavy atom. The van der Waals surface area contributed by atoms with Crippen LogP contribution in [0.5, 0.6) is 0 Å². The van der Waals surface area contributed by atoms with Gasteiger partial charge in [-0.2, -0.15) is 0 Å². The third kappa shape index (κ3) is 6.66. The summed E-state index contributed by atoms with van der Waals surface area (Å²) in [5, 5.41) is 3.21. The van der Waals surface area contributed by atoms with E-state index in [1.165, 1.54) is 0 Å². The lowest BCUT2D eigenvalue weighted by Crippen LogP contribution is -2.10. The van der Waals surface area contributed by atoms with E-state index in [-0.39, 0.29) is 0 Å². The maximum absolute atomic E-state index is 3.21. The average Bonchev–Trinajstić information content (AvgIpc) is 1.69. The van der Waals surface area contributed by atoms with Gasteiger partial charge in [0.2, 0.25) is 0 Å². The molecular formula is C4H11NS2. The highest BCUT2D eigenvalue weighted by Crippen LogP contribution is 1.89. The van der Waals surface area contributed by atoms with Crippen LogP contribution in [0.2, 0.25) is 0 Å². The summed E-state index contributed by atoms with van der Waals surface area (Å²) in [5.41, 5.74) is 0. The van der Waals surface area contributed by atoms with E-state index in [1.807, 2.05) is 23.5 Å². The fourth-order valence-corrected chi connectivity index (χ4v) is 0.987. The van der Waals surface area contributed by atoms with Crippen molar-refractivity contribution in [2.75, 3.05) is 24.3 Å². The molecule has 0 atom stereocenters. The average molecular weight is 137 g/mol. The molecule has 0 bridgehead atoms. The van der Waals surface area contributed by atoms with Crippen molar-refractivity contribution < 1.29 is 0 Å². The van der Waals surface area contributed by atoms with Crippen molar-refractivity contribution >= 4 is 23.5 Å². The first-order chi connectivity index (χ1) is 3.41. The molecule has 0 aromatic carbocycles. The number of rotatable bonds is 4. The molecular weight excluding hydrogens is 126 g/mol. The molecule has 1 nitrogen and oxygen atoms in total. The smallest absolute Gasteiger partial charge is 0.0421 e. The molecule has 0 aliphatic heterocycles. The van der Waals surface area contributed by atoms with E-state index in [0.717, 1.165) is 11.8 Å². The molecule has 7 heavy (non-hydrogen) atoms. The predicted octanol–water partition coefficient (Wildman–Crippen LogP) is 1.22. The highest BCUT2D eigenvalue weighted by molar-refractivity contribution is 7.99. The first-order valence-electron chi connectivity index (χ1n) is 2.10. The number of hydrogen-bond acceptors (Lipinski definition) is 3. The summed E-state index contributed by atoms with van der Waals surface area (Å²) in [6, 6.07) is 0. The Hall–Kier alpha value is 0.660. The van der Waals surface area contributed by atoms with Gasteiger partial charge in [-0.25, -0.2) is 0 Å². The molecule has 0 aliphatic carbocycles. The van der Waals surface area contributed by atoms with Gasteiger partial charge in [0.1, 0.15) is 0 Å². The van der Waals surface area contributed by atoms with Gasteiger partial charge in [0.25, 0.3) is 0 Å². The number of nitrogens with one attached hydrogen (secondary N) is 1. The van der Waals surface area contributed by atoms with Gasteiger partial charge in [-0.1, -0.05) is 0 Å². The van der Waals surface area contributed by atoms with Gasteiger partial charge in [0, 0.05) is 11.8 Å². The van der Waals surface area contributed by atoms with E-state index in [2.05, 4.69) is 17.8 Å². The second-order valence-corrected chi connectivity index (χ2v) is 2.85. The summed E-state index contributed by atoms with van der Waals surface area (Å²) < 4.78 is 0. The van der Waals surface area contributed by atoms with Crippen LogP contribution in [0.15, 0.2) is 0 Å². The minimum absolute atomic E-state index is 1.07. The summed E-state index contributed by atoms with van der Waals surface area (Å²) in [7, 11) is 0. The summed E-state index contributed by atoms with van der Waals surface area (Å²) in [6.07, 6.45) is 4.18. The van der Waals surface area contributed by atoms with Crippen molar-refractivity contribution in [2.24, 2.45) is 0 Å². The fraction of sp³-hybridized carbons (Fsp3) is 1.00. The molecule has 0 radical (unpaired) electrons. The maximum Gasteiger partial charge on any atom is 0.0421 e. The molecule has 0 amide bonds. The molecule has 0 unspecified atom stereocenters. The van der Waals surface area contributed by atoms with E-state index in [0.29, 0.717) is 0 Å². The zero-order chi connectivity index (χ0) is 5.54. The van der Waals surface area contributed by atoms with Crippen LogP contribution in [0.4, 0.5) is 0 Å². The van der Waals surface area contributed by atoms with Crippen LogP contribution in [-0.4, -0.2) is 24.3 Å². The molecule has 0 rings (SSSR count). The zero-order valence-electron chi connectivity index (χ0n) is 4.73. The van der Waals surface area contributed by atoms with Crippen LogP contribution in [0.3, 0.4) is 0 Å². The first kappa shape index (κ1) is 7.66. The molecule has 0 saturated carbocycles. The SMILES string of the molecule is CSCNCSC. The minimum Gasteiger partial charge on any atom is -0.299 e. The first-order valence-corrected chi connectivity index (χ1v) is 4.89. The highest BCUT2D eigenvalue weighted by Gasteiger charge is 1.76. The standard InChI is InChI=1S/C4H11NS2/c1-6-3-5-4-7-2/h5H,3-4H2,1-2H3. The molecule has 0 aromatic heterocycles. The van der Waals surface area contributed by atoms with Crippen LogP contribution in [0.25, 0.3) is 0 Å². The van der Waals surface area contributed by atoms with Crippen molar-refractivity contribution in [2.45, 2.75) is 0 Å². The second-order valence-electron chi connectivity index (χ2n) is 1.12. The van der Waals surface area contributed by atoms with Gasteiger partial charge < -0.3 is 0 Å². The van der Waals surface area contributed by atoms with Gasteiger partial charge in [0.05, 0.1) is 0 Å². The van der Waals surface area contributed by atoms with Gasteiger partial charge in [-0.05, 0) is 12.5 Å². The minimum atomic E-state index is 1.07. The lowest BCUT2D eigenvalue weighted by Gasteiger charge is -1.95. The Kier molecular flexibility index (Phi) is 7.29. The fourth-order valence-electron chi connectivity index (χ4n) is 0.246. The van der Waals surface area contributed by atoms with Crippen LogP contribution < -0.4 is 5.32 Å². The Morgan fingerprint density at radius 3 is 1.86 bits per heavy atom. The Balaban J connectivity index is 2.45. The molecule has 0 saturated heterocycles.